The molecule has 1 aliphatic rings. The first kappa shape index (κ1) is 30.2. The first-order valence-corrected chi connectivity index (χ1v) is 12.5. The van der Waals surface area contributed by atoms with Crippen molar-refractivity contribution >= 4 is 17.7 Å². The Kier molecular flexibility index (Phi) is 8.86. The van der Waals surface area contributed by atoms with Gasteiger partial charge in [-0.1, -0.05) is 19.3 Å². The number of ether oxygens (including phenoxy) is 1. The molecule has 0 saturated heterocycles. The van der Waals surface area contributed by atoms with E-state index in [1.165, 1.54) is 7.11 Å². The van der Waals surface area contributed by atoms with Crippen LogP contribution in [0.1, 0.15) is 92.6 Å². The lowest BCUT2D eigenvalue weighted by molar-refractivity contribution is -0.143. The maximum Gasteiger partial charge on any atom is 0.416 e. The average molecular weight is 561 g/mol. The molecular weight excluding hydrogens is 530 g/mol. The number of hydrogen-bond acceptors (Lipinski definition) is 4. The molecule has 0 N–H and O–H groups in total. The fraction of sp³-hybridized carbons (Fsp3) is 0.519. The van der Waals surface area contributed by atoms with Crippen LogP contribution in [-0.4, -0.2) is 46.8 Å². The highest BCUT2D eigenvalue weighted by Crippen LogP contribution is 2.37. The van der Waals surface area contributed by atoms with E-state index in [4.69, 9.17) is 4.74 Å². The lowest BCUT2D eigenvalue weighted by Crippen LogP contribution is -2.44. The van der Waals surface area contributed by atoms with Crippen LogP contribution in [0.4, 0.5) is 26.3 Å². The molecule has 3 rings (SSSR count). The Labute approximate surface area is 221 Å². The van der Waals surface area contributed by atoms with Gasteiger partial charge in [-0.2, -0.15) is 26.3 Å². The largest absolute Gasteiger partial charge is 0.464 e. The summed E-state index contributed by atoms with van der Waals surface area (Å²) in [4.78, 5) is 40.7. The van der Waals surface area contributed by atoms with E-state index in [0.717, 1.165) is 11.3 Å². The van der Waals surface area contributed by atoms with Crippen molar-refractivity contribution in [3.63, 3.8) is 0 Å². The fourth-order valence-electron chi connectivity index (χ4n) is 5.30. The van der Waals surface area contributed by atoms with Crippen LogP contribution in [0.2, 0.25) is 0 Å². The van der Waals surface area contributed by atoms with Crippen LogP contribution in [0.3, 0.4) is 0 Å². The molecule has 0 aliphatic heterocycles. The number of benzene rings is 1. The van der Waals surface area contributed by atoms with E-state index in [0.29, 0.717) is 55.6 Å². The number of halogens is 6. The third-order valence-electron chi connectivity index (χ3n) is 7.17. The summed E-state index contributed by atoms with van der Waals surface area (Å²) < 4.78 is 87.2. The molecule has 0 bridgehead atoms. The Hall–Kier alpha value is -3.31. The van der Waals surface area contributed by atoms with E-state index < -0.39 is 59.3 Å². The van der Waals surface area contributed by atoms with Gasteiger partial charge in [0.15, 0.2) is 5.78 Å². The molecule has 1 heterocycles. The summed E-state index contributed by atoms with van der Waals surface area (Å²) in [5, 5.41) is 0. The van der Waals surface area contributed by atoms with Gasteiger partial charge in [-0.3, -0.25) is 9.59 Å². The first-order valence-electron chi connectivity index (χ1n) is 12.5. The lowest BCUT2D eigenvalue weighted by atomic mass is 9.92. The Bertz CT molecular complexity index is 1220. The summed E-state index contributed by atoms with van der Waals surface area (Å²) >= 11 is 0. The van der Waals surface area contributed by atoms with Crippen molar-refractivity contribution in [2.24, 2.45) is 0 Å². The van der Waals surface area contributed by atoms with Crippen LogP contribution in [0, 0.1) is 13.8 Å². The van der Waals surface area contributed by atoms with Crippen molar-refractivity contribution in [2.75, 3.05) is 13.7 Å². The zero-order valence-corrected chi connectivity index (χ0v) is 22.1. The molecule has 1 fully saturated rings. The Morgan fingerprint density at radius 3 is 1.95 bits per heavy atom. The summed E-state index contributed by atoms with van der Waals surface area (Å²) in [6.07, 6.45) is -7.11. The number of methoxy groups -OCH3 is 1. The van der Waals surface area contributed by atoms with E-state index in [9.17, 15) is 40.7 Å². The molecule has 214 valence electrons. The van der Waals surface area contributed by atoms with Crippen LogP contribution >= 0.6 is 0 Å². The number of Topliss-reactive ketones (excluding diaryl/α,β-unsaturated/α-hetero) is 1. The minimum absolute atomic E-state index is 0.0403. The number of nitrogens with zero attached hydrogens (tertiary/aromatic N) is 2. The van der Waals surface area contributed by atoms with Gasteiger partial charge in [0.05, 0.1) is 24.8 Å². The number of carbonyl (C=O) groups is 3. The van der Waals surface area contributed by atoms with Gasteiger partial charge in [0, 0.05) is 29.4 Å². The van der Waals surface area contributed by atoms with Gasteiger partial charge in [0.2, 0.25) is 0 Å². The molecule has 0 radical (unpaired) electrons. The van der Waals surface area contributed by atoms with Crippen molar-refractivity contribution in [1.29, 1.82) is 0 Å². The van der Waals surface area contributed by atoms with Crippen molar-refractivity contribution in [1.82, 2.24) is 9.47 Å². The molecule has 1 aliphatic carbocycles. The molecule has 0 unspecified atom stereocenters. The standard InChI is InChI=1S/C27H30F6N2O4/c1-5-34-16(3)22(15(2)23(34)25(38)39-4)21(36)14-35(20-9-7-6-8-10-20)24(37)17-11-18(26(28,29)30)13-19(12-17)27(31,32)33/h11-13,20H,5-10,14H2,1-4H3. The summed E-state index contributed by atoms with van der Waals surface area (Å²) in [5.74, 6) is -2.34. The highest BCUT2D eigenvalue weighted by molar-refractivity contribution is 6.06. The minimum atomic E-state index is -5.12. The zero-order valence-electron chi connectivity index (χ0n) is 22.1. The Balaban J connectivity index is 2.09. The number of carbonyl (C=O) groups excluding carboxylic acids is 3. The number of esters is 1. The molecule has 0 spiro atoms. The molecule has 6 nitrogen and oxygen atoms in total. The van der Waals surface area contributed by atoms with Crippen LogP contribution in [0.25, 0.3) is 0 Å². The summed E-state index contributed by atoms with van der Waals surface area (Å²) in [6.45, 7) is 4.69. The first-order chi connectivity index (χ1) is 18.1. The quantitative estimate of drug-likeness (QED) is 0.217. The topological polar surface area (TPSA) is 68.6 Å². The molecule has 1 saturated carbocycles. The van der Waals surface area contributed by atoms with Gasteiger partial charge in [0.25, 0.3) is 5.91 Å². The van der Waals surface area contributed by atoms with Gasteiger partial charge in [0.1, 0.15) is 5.69 Å². The van der Waals surface area contributed by atoms with Crippen LogP contribution in [0.15, 0.2) is 18.2 Å². The summed E-state index contributed by atoms with van der Waals surface area (Å²) in [5.41, 5.74) is -2.94. The number of aromatic nitrogens is 1. The Morgan fingerprint density at radius 2 is 1.49 bits per heavy atom. The molecule has 39 heavy (non-hydrogen) atoms. The van der Waals surface area contributed by atoms with E-state index >= 15 is 0 Å². The number of amides is 1. The molecule has 0 atom stereocenters. The van der Waals surface area contributed by atoms with E-state index in [-0.39, 0.29) is 17.3 Å². The van der Waals surface area contributed by atoms with Crippen LogP contribution in [-0.2, 0) is 23.6 Å². The molecule has 12 heteroatoms. The number of rotatable bonds is 7. The molecule has 1 aromatic heterocycles. The second-order valence-electron chi connectivity index (χ2n) is 9.61. The van der Waals surface area contributed by atoms with Crippen molar-refractivity contribution < 1.29 is 45.5 Å². The maximum absolute atomic E-state index is 13.6. The summed E-state index contributed by atoms with van der Waals surface area (Å²) in [6, 6.07) is 0.184. The van der Waals surface area contributed by atoms with Crippen molar-refractivity contribution in [3.8, 4) is 0 Å². The minimum Gasteiger partial charge on any atom is -0.464 e. The second kappa shape index (κ2) is 11.4. The van der Waals surface area contributed by atoms with E-state index in [1.807, 2.05) is 0 Å². The smallest absolute Gasteiger partial charge is 0.416 e. The van der Waals surface area contributed by atoms with Gasteiger partial charge in [-0.15, -0.1) is 0 Å². The number of ketones is 1. The normalized spacial score (nSPS) is 14.8. The average Bonchev–Trinajstić information content (AvgIpc) is 3.14. The van der Waals surface area contributed by atoms with Gasteiger partial charge < -0.3 is 14.2 Å². The SMILES string of the molecule is CCn1c(C)c(C(=O)CN(C(=O)c2cc(C(F)(F)F)cc(C(F)(F)F)c2)C2CCCCC2)c(C)c1C(=O)OC. The van der Waals surface area contributed by atoms with Crippen molar-refractivity contribution in [3.05, 3.63) is 57.4 Å². The summed E-state index contributed by atoms with van der Waals surface area (Å²) in [7, 11) is 1.19. The van der Waals surface area contributed by atoms with Gasteiger partial charge >= 0.3 is 18.3 Å². The highest BCUT2D eigenvalue weighted by atomic mass is 19.4. The predicted octanol–water partition coefficient (Wildman–Crippen LogP) is 6.61. The van der Waals surface area contributed by atoms with Crippen molar-refractivity contribution in [2.45, 2.75) is 77.8 Å². The molecular formula is C27H30F6N2O4. The zero-order chi connectivity index (χ0) is 29.3. The molecule has 1 aromatic carbocycles. The monoisotopic (exact) mass is 560 g/mol. The van der Waals surface area contributed by atoms with Gasteiger partial charge in [-0.05, 0) is 57.4 Å². The lowest BCUT2D eigenvalue weighted by Gasteiger charge is -2.34. The van der Waals surface area contributed by atoms with E-state index in [1.54, 1.807) is 25.3 Å². The van der Waals surface area contributed by atoms with Gasteiger partial charge in [-0.25, -0.2) is 4.79 Å². The molecule has 2 aromatic rings. The number of hydrogen-bond donors (Lipinski definition) is 0. The molecule has 1 amide bonds. The predicted molar refractivity (Wildman–Crippen MR) is 130 cm³/mol. The fourth-order valence-corrected chi connectivity index (χ4v) is 5.30. The third-order valence-corrected chi connectivity index (χ3v) is 7.17. The Morgan fingerprint density at radius 1 is 0.949 bits per heavy atom. The van der Waals surface area contributed by atoms with Crippen LogP contribution in [0.5, 0.6) is 0 Å². The van der Waals surface area contributed by atoms with Crippen LogP contribution < -0.4 is 0 Å². The second-order valence-corrected chi connectivity index (χ2v) is 9.61. The third kappa shape index (κ3) is 6.30. The maximum atomic E-state index is 13.6. The highest BCUT2D eigenvalue weighted by Gasteiger charge is 2.39. The number of alkyl halides is 6. The van der Waals surface area contributed by atoms with E-state index in [2.05, 4.69) is 0 Å².